The third-order valence-electron chi connectivity index (χ3n) is 4.22. The Hall–Kier alpha value is -1.61. The van der Waals surface area contributed by atoms with Gasteiger partial charge in [-0.05, 0) is 0 Å². The van der Waals surface area contributed by atoms with Gasteiger partial charge >= 0.3 is 160 Å². The van der Waals surface area contributed by atoms with E-state index < -0.39 is 10.7 Å². The predicted octanol–water partition coefficient (Wildman–Crippen LogP) is 0.519. The van der Waals surface area contributed by atoms with Gasteiger partial charge in [-0.1, -0.05) is 0 Å². The number of carbonyl (C=O) groups is 1. The summed E-state index contributed by atoms with van der Waals surface area (Å²) in [5.74, 6) is -0.870. The molecule has 5 nitrogen and oxygen atoms in total. The Bertz CT molecular complexity index is 966. The zero-order valence-electron chi connectivity index (χ0n) is 13.8. The predicted molar refractivity (Wildman–Crippen MR) is 94.0 cm³/mol. The van der Waals surface area contributed by atoms with Crippen molar-refractivity contribution in [3.63, 3.8) is 0 Å². The molecule has 0 aliphatic carbocycles. The van der Waals surface area contributed by atoms with Crippen LogP contribution in [0.1, 0.15) is 23.3 Å². The SMILES string of the molecule is CC(C)(Sc1nncn1-c1ccc(C2C[I-]2)c2ccccc12)C(=O)O. The number of benzene rings is 2. The molecule has 0 bridgehead atoms. The van der Waals surface area contributed by atoms with Gasteiger partial charge in [0.1, 0.15) is 0 Å². The molecule has 25 heavy (non-hydrogen) atoms. The fourth-order valence-electron chi connectivity index (χ4n) is 2.73. The Morgan fingerprint density at radius 2 is 2.00 bits per heavy atom. The van der Waals surface area contributed by atoms with Gasteiger partial charge in [0.15, 0.2) is 0 Å². The fourth-order valence-corrected chi connectivity index (χ4v) is 5.35. The number of hydrogen-bond donors (Lipinski definition) is 1. The van der Waals surface area contributed by atoms with Gasteiger partial charge in [0.25, 0.3) is 0 Å². The molecular weight excluding hydrogens is 449 g/mol. The number of nitrogens with zero attached hydrogens (tertiary/aromatic N) is 3. The van der Waals surface area contributed by atoms with Crippen molar-refractivity contribution in [1.82, 2.24) is 14.8 Å². The van der Waals surface area contributed by atoms with Crippen molar-refractivity contribution in [2.75, 3.05) is 4.43 Å². The van der Waals surface area contributed by atoms with E-state index in [0.29, 0.717) is 26.4 Å². The van der Waals surface area contributed by atoms with Crippen LogP contribution in [0.5, 0.6) is 0 Å². The molecule has 0 saturated carbocycles. The van der Waals surface area contributed by atoms with Gasteiger partial charge in [-0.2, -0.15) is 0 Å². The molecule has 7 heteroatoms. The summed E-state index contributed by atoms with van der Waals surface area (Å²) in [4.78, 5) is 11.5. The summed E-state index contributed by atoms with van der Waals surface area (Å²) in [6, 6.07) is 12.7. The summed E-state index contributed by atoms with van der Waals surface area (Å²) in [5, 5.41) is 20.6. The van der Waals surface area contributed by atoms with Crippen molar-refractivity contribution >= 4 is 28.5 Å². The van der Waals surface area contributed by atoms with Crippen molar-refractivity contribution in [3.05, 3.63) is 48.3 Å². The Morgan fingerprint density at radius 1 is 1.28 bits per heavy atom. The van der Waals surface area contributed by atoms with Crippen LogP contribution in [0.15, 0.2) is 47.9 Å². The third kappa shape index (κ3) is 3.15. The van der Waals surface area contributed by atoms with E-state index in [9.17, 15) is 9.90 Å². The number of hydrogen-bond acceptors (Lipinski definition) is 4. The molecule has 1 unspecified atom stereocenters. The zero-order valence-corrected chi connectivity index (χ0v) is 16.8. The van der Waals surface area contributed by atoms with Crippen molar-refractivity contribution in [2.24, 2.45) is 0 Å². The van der Waals surface area contributed by atoms with Gasteiger partial charge in [-0.3, -0.25) is 0 Å². The quantitative estimate of drug-likeness (QED) is 0.338. The maximum absolute atomic E-state index is 11.5. The van der Waals surface area contributed by atoms with E-state index in [1.807, 2.05) is 10.6 Å². The molecule has 3 aromatic rings. The van der Waals surface area contributed by atoms with Gasteiger partial charge in [-0.15, -0.1) is 0 Å². The first-order valence-corrected chi connectivity index (χ1v) is 11.5. The Labute approximate surface area is 160 Å². The number of aliphatic carboxylic acids is 1. The molecule has 1 atom stereocenters. The molecule has 1 aliphatic rings. The summed E-state index contributed by atoms with van der Waals surface area (Å²) in [7, 11) is 0. The molecule has 4 rings (SSSR count). The number of rotatable bonds is 5. The average molecular weight is 466 g/mol. The summed E-state index contributed by atoms with van der Waals surface area (Å²) in [6.45, 7) is 3.36. The van der Waals surface area contributed by atoms with Crippen LogP contribution < -0.4 is 21.2 Å². The molecule has 2 aromatic carbocycles. The van der Waals surface area contributed by atoms with E-state index in [4.69, 9.17) is 0 Å². The molecule has 0 radical (unpaired) electrons. The van der Waals surface area contributed by atoms with E-state index in [-0.39, 0.29) is 0 Å². The van der Waals surface area contributed by atoms with E-state index in [2.05, 4.69) is 40.5 Å². The minimum absolute atomic E-state index is 0.331. The first-order valence-electron chi connectivity index (χ1n) is 7.89. The number of alkyl halides is 2. The van der Waals surface area contributed by atoms with Gasteiger partial charge in [0, 0.05) is 0 Å². The summed E-state index contributed by atoms with van der Waals surface area (Å²) in [6.07, 6.45) is 1.66. The van der Waals surface area contributed by atoms with Crippen LogP contribution in [0.3, 0.4) is 0 Å². The molecule has 2 heterocycles. The molecule has 1 fully saturated rings. The van der Waals surface area contributed by atoms with Gasteiger partial charge in [0.2, 0.25) is 0 Å². The standard InChI is InChI=1S/C18H17IN3O2S/c1-18(2,16(23)24)25-17-21-20-10-22(17)15-8-7-12(14-9-19-14)11-5-3-4-6-13(11)15/h3-8,10,14H,9H2,1-2H3,(H,23,24)/q-1. The molecule has 1 N–H and O–H groups in total. The molecule has 1 aromatic heterocycles. The second kappa shape index (κ2) is 6.28. The maximum atomic E-state index is 11.5. The van der Waals surface area contributed by atoms with Gasteiger partial charge < -0.3 is 0 Å². The molecule has 0 spiro atoms. The van der Waals surface area contributed by atoms with E-state index in [1.54, 1.807) is 20.2 Å². The Morgan fingerprint density at radius 3 is 2.68 bits per heavy atom. The van der Waals surface area contributed by atoms with Crippen LogP contribution in [0.4, 0.5) is 0 Å². The van der Waals surface area contributed by atoms with Crippen LogP contribution in [0.2, 0.25) is 0 Å². The minimum atomic E-state index is -0.973. The molecule has 1 aliphatic heterocycles. The van der Waals surface area contributed by atoms with Crippen LogP contribution in [-0.2, 0) is 4.79 Å². The molecular formula is C18H17IN3O2S-. The number of aromatic nitrogens is 3. The number of carboxylic acid groups (broad SMARTS) is 1. The second-order valence-electron chi connectivity index (χ2n) is 6.40. The first kappa shape index (κ1) is 16.8. The molecule has 1 saturated heterocycles. The number of thioether (sulfide) groups is 1. The van der Waals surface area contributed by atoms with Crippen molar-refractivity contribution in [3.8, 4) is 5.69 Å². The third-order valence-corrected chi connectivity index (χ3v) is 7.80. The van der Waals surface area contributed by atoms with E-state index in [0.717, 1.165) is 15.0 Å². The number of fused-ring (bicyclic) bond motifs is 1. The second-order valence-corrected chi connectivity index (χ2v) is 11.3. The first-order chi connectivity index (χ1) is 12.0. The Kier molecular flexibility index (Phi) is 4.23. The topological polar surface area (TPSA) is 68.0 Å². The molecule has 0 amide bonds. The van der Waals surface area contributed by atoms with Crippen LogP contribution in [-0.4, -0.2) is 35.0 Å². The molecule has 130 valence electrons. The van der Waals surface area contributed by atoms with Crippen molar-refractivity contribution < 1.29 is 31.1 Å². The monoisotopic (exact) mass is 466 g/mol. The Balaban J connectivity index is 1.83. The van der Waals surface area contributed by atoms with Crippen LogP contribution in [0, 0.1) is 0 Å². The summed E-state index contributed by atoms with van der Waals surface area (Å²) < 4.78 is 3.06. The van der Waals surface area contributed by atoms with Crippen LogP contribution in [0.25, 0.3) is 16.5 Å². The van der Waals surface area contributed by atoms with Crippen molar-refractivity contribution in [2.45, 2.75) is 27.7 Å². The van der Waals surface area contributed by atoms with Gasteiger partial charge in [0.05, 0.1) is 0 Å². The fraction of sp³-hybridized carbons (Fsp3) is 0.278. The van der Waals surface area contributed by atoms with Crippen LogP contribution >= 0.6 is 11.8 Å². The average Bonchev–Trinajstić information content (AvgIpc) is 3.34. The number of carboxylic acids is 1. The van der Waals surface area contributed by atoms with Crippen molar-refractivity contribution in [1.29, 1.82) is 0 Å². The summed E-state index contributed by atoms with van der Waals surface area (Å²) >= 11 is 1.54. The van der Waals surface area contributed by atoms with Gasteiger partial charge in [-0.25, -0.2) is 0 Å². The van der Waals surface area contributed by atoms with E-state index >= 15 is 0 Å². The summed E-state index contributed by atoms with van der Waals surface area (Å²) in [5.41, 5.74) is 2.44. The zero-order chi connectivity index (χ0) is 17.6. The number of halogens is 1. The normalized spacial score (nSPS) is 17.3. The van der Waals surface area contributed by atoms with E-state index in [1.165, 1.54) is 27.1 Å².